The van der Waals surface area contributed by atoms with E-state index in [0.717, 1.165) is 62.7 Å². The maximum atomic E-state index is 6.52. The zero-order valence-corrected chi connectivity index (χ0v) is 29.8. The fourth-order valence-electron chi connectivity index (χ4n) is 8.68. The largest absolute Gasteiger partial charge is 0.456 e. The Balaban J connectivity index is 0.991. The third-order valence-corrected chi connectivity index (χ3v) is 11.3. The van der Waals surface area contributed by atoms with Gasteiger partial charge in [-0.05, 0) is 101 Å². The van der Waals surface area contributed by atoms with Crippen molar-refractivity contribution in [2.24, 2.45) is 0 Å². The molecule has 3 heterocycles. The van der Waals surface area contributed by atoms with E-state index in [4.69, 9.17) is 8.83 Å². The van der Waals surface area contributed by atoms with Crippen molar-refractivity contribution in [1.82, 2.24) is 4.57 Å². The fraction of sp³-hybridized carbons (Fsp3) is 0.0588. The molecule has 0 fully saturated rings. The topological polar surface area (TPSA) is 31.2 Å². The van der Waals surface area contributed by atoms with Crippen LogP contribution in [0.1, 0.15) is 16.7 Å². The van der Waals surface area contributed by atoms with Gasteiger partial charge in [-0.1, -0.05) is 127 Å². The van der Waals surface area contributed by atoms with Crippen LogP contribution in [0.4, 0.5) is 0 Å². The van der Waals surface area contributed by atoms with Gasteiger partial charge in [0.15, 0.2) is 5.58 Å². The predicted molar refractivity (Wildman–Crippen MR) is 225 cm³/mol. The van der Waals surface area contributed by atoms with E-state index in [1.165, 1.54) is 60.5 Å². The van der Waals surface area contributed by atoms with Crippen LogP contribution >= 0.6 is 0 Å². The highest BCUT2D eigenvalue weighted by Crippen LogP contribution is 2.40. The van der Waals surface area contributed by atoms with Crippen molar-refractivity contribution in [3.8, 4) is 27.9 Å². The van der Waals surface area contributed by atoms with Crippen molar-refractivity contribution in [1.29, 1.82) is 0 Å². The van der Waals surface area contributed by atoms with E-state index < -0.39 is 0 Å². The lowest BCUT2D eigenvalue weighted by atomic mass is 9.90. The molecular weight excluding hydrogens is 659 g/mol. The molecule has 3 heteroatoms. The molecule has 256 valence electrons. The van der Waals surface area contributed by atoms with Crippen LogP contribution in [0, 0.1) is 6.92 Å². The Morgan fingerprint density at radius 2 is 0.981 bits per heavy atom. The third kappa shape index (κ3) is 4.75. The minimum absolute atomic E-state index is 0.898. The number of rotatable bonds is 6. The highest BCUT2D eigenvalue weighted by molar-refractivity contribution is 6.13. The van der Waals surface area contributed by atoms with Crippen molar-refractivity contribution in [3.63, 3.8) is 0 Å². The number of benzene rings is 8. The Bertz CT molecular complexity index is 3240. The van der Waals surface area contributed by atoms with E-state index in [0.29, 0.717) is 0 Å². The molecule has 0 spiro atoms. The number of para-hydroxylation sites is 5. The monoisotopic (exact) mass is 693 g/mol. The average molecular weight is 694 g/mol. The molecule has 0 radical (unpaired) electrons. The van der Waals surface area contributed by atoms with Gasteiger partial charge >= 0.3 is 0 Å². The van der Waals surface area contributed by atoms with Gasteiger partial charge in [-0.15, -0.1) is 0 Å². The number of nitrogens with zero attached hydrogens (tertiary/aromatic N) is 1. The zero-order valence-electron chi connectivity index (χ0n) is 29.8. The van der Waals surface area contributed by atoms with Crippen LogP contribution < -0.4 is 0 Å². The van der Waals surface area contributed by atoms with E-state index in [2.05, 4.69) is 163 Å². The van der Waals surface area contributed by atoms with Crippen LogP contribution in [-0.2, 0) is 12.8 Å². The summed E-state index contributed by atoms with van der Waals surface area (Å²) in [5, 5.41) is 7.07. The Kier molecular flexibility index (Phi) is 6.90. The lowest BCUT2D eigenvalue weighted by Gasteiger charge is -2.15. The normalized spacial score (nSPS) is 11.9. The predicted octanol–water partition coefficient (Wildman–Crippen LogP) is 14.0. The number of furan rings is 2. The van der Waals surface area contributed by atoms with Gasteiger partial charge in [-0.2, -0.15) is 0 Å². The smallest absolute Gasteiger partial charge is 0.159 e. The molecule has 0 unspecified atom stereocenters. The number of aromatic nitrogens is 1. The summed E-state index contributed by atoms with van der Waals surface area (Å²) in [6.45, 7) is 2.22. The third-order valence-electron chi connectivity index (χ3n) is 11.3. The van der Waals surface area contributed by atoms with Crippen LogP contribution in [-0.4, -0.2) is 4.57 Å². The summed E-state index contributed by atoms with van der Waals surface area (Å²) in [5.41, 5.74) is 15.9. The molecule has 0 aliphatic rings. The molecule has 0 amide bonds. The molecule has 54 heavy (non-hydrogen) atoms. The summed E-state index contributed by atoms with van der Waals surface area (Å²) < 4.78 is 15.3. The van der Waals surface area contributed by atoms with Crippen LogP contribution in [0.25, 0.3) is 93.6 Å². The minimum Gasteiger partial charge on any atom is -0.456 e. The first kappa shape index (κ1) is 30.8. The Hall–Kier alpha value is -6.84. The summed E-state index contributed by atoms with van der Waals surface area (Å²) in [4.78, 5) is 0. The number of hydrogen-bond donors (Lipinski definition) is 0. The van der Waals surface area contributed by atoms with Crippen molar-refractivity contribution in [2.75, 3.05) is 0 Å². The van der Waals surface area contributed by atoms with E-state index in [1.807, 2.05) is 18.2 Å². The molecule has 0 aliphatic carbocycles. The van der Waals surface area contributed by atoms with E-state index in [-0.39, 0.29) is 0 Å². The van der Waals surface area contributed by atoms with Crippen molar-refractivity contribution >= 4 is 65.7 Å². The van der Waals surface area contributed by atoms with E-state index in [1.54, 1.807) is 0 Å². The summed E-state index contributed by atoms with van der Waals surface area (Å²) in [6, 6.07) is 61.0. The molecular formula is C51H35NO2. The SMILES string of the molecule is Cc1ccc(-c2ccc3c(c2)c2ccccc2n3-c2cccc3c2oc2ccccc23)cc1-c1ccccc1CCc1cccc2c1oc1ccccc12. The van der Waals surface area contributed by atoms with Crippen molar-refractivity contribution < 1.29 is 8.83 Å². The van der Waals surface area contributed by atoms with Crippen LogP contribution in [0.5, 0.6) is 0 Å². The molecule has 0 bridgehead atoms. The first-order valence-corrected chi connectivity index (χ1v) is 18.7. The molecule has 11 aromatic rings. The van der Waals surface area contributed by atoms with Gasteiger partial charge in [0.05, 0.1) is 16.7 Å². The maximum absolute atomic E-state index is 6.52. The molecule has 0 N–H and O–H groups in total. The van der Waals surface area contributed by atoms with E-state index >= 15 is 0 Å². The molecule has 11 rings (SSSR count). The second-order valence-corrected chi connectivity index (χ2v) is 14.4. The number of fused-ring (bicyclic) bond motifs is 9. The minimum atomic E-state index is 0.898. The van der Waals surface area contributed by atoms with E-state index in [9.17, 15) is 0 Å². The molecule has 0 saturated carbocycles. The Morgan fingerprint density at radius 1 is 0.407 bits per heavy atom. The molecule has 0 aliphatic heterocycles. The first-order chi connectivity index (χ1) is 26.7. The van der Waals surface area contributed by atoms with Gasteiger partial charge in [-0.3, -0.25) is 0 Å². The van der Waals surface area contributed by atoms with Crippen molar-refractivity contribution in [2.45, 2.75) is 19.8 Å². The molecule has 3 aromatic heterocycles. The van der Waals surface area contributed by atoms with Gasteiger partial charge in [0.1, 0.15) is 16.7 Å². The zero-order chi connectivity index (χ0) is 35.8. The second kappa shape index (κ2) is 12.1. The van der Waals surface area contributed by atoms with Gasteiger partial charge in [0.25, 0.3) is 0 Å². The Labute approximate surface area is 312 Å². The van der Waals surface area contributed by atoms with Gasteiger partial charge < -0.3 is 13.4 Å². The fourth-order valence-corrected chi connectivity index (χ4v) is 8.68. The van der Waals surface area contributed by atoms with Gasteiger partial charge in [0.2, 0.25) is 0 Å². The highest BCUT2D eigenvalue weighted by Gasteiger charge is 2.19. The van der Waals surface area contributed by atoms with Gasteiger partial charge in [0, 0.05) is 32.3 Å². The lowest BCUT2D eigenvalue weighted by Crippen LogP contribution is -1.96. The quantitative estimate of drug-likeness (QED) is 0.174. The van der Waals surface area contributed by atoms with Gasteiger partial charge in [-0.25, -0.2) is 0 Å². The summed E-state index contributed by atoms with van der Waals surface area (Å²) in [5.74, 6) is 0. The number of hydrogen-bond acceptors (Lipinski definition) is 2. The molecule has 0 atom stereocenters. The standard InChI is InChI=1S/C51H35NO2/c1-32-24-25-35(30-43(32)37-14-3-2-12-33(37)26-27-34-13-10-18-41-39-16-5-8-22-48(39)53-50(34)41)36-28-29-46-44(31-36)38-15-4-7-20-45(38)52(46)47-21-11-19-42-40-17-6-9-23-49(40)54-51(42)47/h2-25,28-31H,26-27H2,1H3. The lowest BCUT2D eigenvalue weighted by molar-refractivity contribution is 0.662. The summed E-state index contributed by atoms with van der Waals surface area (Å²) in [7, 11) is 0. The highest BCUT2D eigenvalue weighted by atomic mass is 16.3. The molecule has 0 saturated heterocycles. The number of aryl methyl sites for hydroxylation is 3. The van der Waals surface area contributed by atoms with Crippen LogP contribution in [0.15, 0.2) is 179 Å². The first-order valence-electron chi connectivity index (χ1n) is 18.7. The average Bonchev–Trinajstić information content (AvgIpc) is 3.90. The summed E-state index contributed by atoms with van der Waals surface area (Å²) >= 11 is 0. The summed E-state index contributed by atoms with van der Waals surface area (Å²) in [6.07, 6.45) is 1.81. The Morgan fingerprint density at radius 3 is 1.81 bits per heavy atom. The second-order valence-electron chi connectivity index (χ2n) is 14.4. The maximum Gasteiger partial charge on any atom is 0.159 e. The van der Waals surface area contributed by atoms with Crippen molar-refractivity contribution in [3.05, 3.63) is 187 Å². The van der Waals surface area contributed by atoms with Crippen LogP contribution in [0.3, 0.4) is 0 Å². The molecule has 3 nitrogen and oxygen atoms in total. The van der Waals surface area contributed by atoms with Crippen LogP contribution in [0.2, 0.25) is 0 Å². The molecule has 8 aromatic carbocycles.